The number of benzene rings is 2. The number of aromatic nitrogens is 2. The van der Waals surface area contributed by atoms with E-state index >= 15 is 0 Å². The van der Waals surface area contributed by atoms with Crippen LogP contribution in [0.25, 0.3) is 10.9 Å². The van der Waals surface area contributed by atoms with E-state index in [4.69, 9.17) is 9.47 Å². The van der Waals surface area contributed by atoms with Gasteiger partial charge in [-0.15, -0.1) is 0 Å². The SMILES string of the molecule is COc1cc2ncnc(Nc3ccc(F)c(C)c3)c2cc1OCCCN1CC2CCNCC2C1. The van der Waals surface area contributed by atoms with Crippen LogP contribution in [-0.2, 0) is 0 Å². The zero-order valence-electron chi connectivity index (χ0n) is 19.8. The maximum Gasteiger partial charge on any atom is 0.162 e. The zero-order chi connectivity index (χ0) is 23.5. The highest BCUT2D eigenvalue weighted by molar-refractivity contribution is 5.93. The molecule has 180 valence electrons. The number of halogens is 1. The first-order valence-corrected chi connectivity index (χ1v) is 12.0. The smallest absolute Gasteiger partial charge is 0.162 e. The van der Waals surface area contributed by atoms with Gasteiger partial charge < -0.3 is 25.0 Å². The molecule has 2 aliphatic heterocycles. The third kappa shape index (κ3) is 4.93. The standard InChI is InChI=1S/C26H32FN5O2/c1-17-10-20(4-5-22(17)27)31-26-21-11-25(24(33-2)12-23(21)29-16-30-26)34-9-3-8-32-14-18-6-7-28-13-19(18)15-32/h4-5,10-12,16,18-19,28H,3,6-9,13-15H2,1-2H3,(H,29,30,31). The Morgan fingerprint density at radius 1 is 1.15 bits per heavy atom. The number of fused-ring (bicyclic) bond motifs is 2. The van der Waals surface area contributed by atoms with Crippen LogP contribution in [0.4, 0.5) is 15.9 Å². The summed E-state index contributed by atoms with van der Waals surface area (Å²) in [5.74, 6) is 3.36. The summed E-state index contributed by atoms with van der Waals surface area (Å²) >= 11 is 0. The molecule has 8 heteroatoms. The van der Waals surface area contributed by atoms with Gasteiger partial charge in [0.15, 0.2) is 11.5 Å². The van der Waals surface area contributed by atoms with E-state index in [1.165, 1.54) is 31.9 Å². The first-order valence-electron chi connectivity index (χ1n) is 12.0. The molecule has 0 radical (unpaired) electrons. The van der Waals surface area contributed by atoms with Crippen LogP contribution in [-0.4, -0.2) is 61.3 Å². The van der Waals surface area contributed by atoms with E-state index < -0.39 is 0 Å². The molecule has 2 unspecified atom stereocenters. The molecule has 2 saturated heterocycles. The number of ether oxygens (including phenoxy) is 2. The van der Waals surface area contributed by atoms with Gasteiger partial charge in [0.1, 0.15) is 18.0 Å². The number of nitrogens with one attached hydrogen (secondary N) is 2. The van der Waals surface area contributed by atoms with E-state index in [0.29, 0.717) is 29.5 Å². The summed E-state index contributed by atoms with van der Waals surface area (Å²) in [6.07, 6.45) is 3.76. The average molecular weight is 466 g/mol. The summed E-state index contributed by atoms with van der Waals surface area (Å²) in [7, 11) is 1.63. The number of piperidine rings is 1. The fraction of sp³-hybridized carbons (Fsp3) is 0.462. The topological polar surface area (TPSA) is 71.5 Å². The second kappa shape index (κ2) is 10.1. The van der Waals surface area contributed by atoms with Gasteiger partial charge in [-0.3, -0.25) is 0 Å². The Labute approximate surface area is 199 Å². The van der Waals surface area contributed by atoms with Crippen molar-refractivity contribution < 1.29 is 13.9 Å². The average Bonchev–Trinajstić information content (AvgIpc) is 3.27. The Balaban J connectivity index is 1.27. The van der Waals surface area contributed by atoms with E-state index in [1.807, 2.05) is 12.1 Å². The number of hydrogen-bond donors (Lipinski definition) is 2. The number of anilines is 2. The van der Waals surface area contributed by atoms with Crippen LogP contribution >= 0.6 is 0 Å². The molecule has 0 saturated carbocycles. The highest BCUT2D eigenvalue weighted by atomic mass is 19.1. The number of likely N-dealkylation sites (tertiary alicyclic amines) is 1. The maximum absolute atomic E-state index is 13.7. The summed E-state index contributed by atoms with van der Waals surface area (Å²) in [5, 5.41) is 7.62. The van der Waals surface area contributed by atoms with Crippen LogP contribution in [0, 0.1) is 24.6 Å². The van der Waals surface area contributed by atoms with Gasteiger partial charge >= 0.3 is 0 Å². The molecular weight excluding hydrogens is 433 g/mol. The zero-order valence-corrected chi connectivity index (χ0v) is 19.8. The Bertz CT molecular complexity index is 1140. The minimum Gasteiger partial charge on any atom is -0.493 e. The lowest BCUT2D eigenvalue weighted by atomic mass is 9.90. The van der Waals surface area contributed by atoms with Crippen molar-refractivity contribution in [2.45, 2.75) is 19.8 Å². The number of rotatable bonds is 8. The maximum atomic E-state index is 13.7. The van der Waals surface area contributed by atoms with Crippen LogP contribution in [0.15, 0.2) is 36.7 Å². The van der Waals surface area contributed by atoms with Gasteiger partial charge in [0.2, 0.25) is 0 Å². The van der Waals surface area contributed by atoms with Crippen molar-refractivity contribution in [3.8, 4) is 11.5 Å². The number of aryl methyl sites for hydroxylation is 1. The van der Waals surface area contributed by atoms with E-state index in [1.54, 1.807) is 26.2 Å². The van der Waals surface area contributed by atoms with Crippen molar-refractivity contribution in [1.82, 2.24) is 20.2 Å². The Morgan fingerprint density at radius 3 is 2.85 bits per heavy atom. The fourth-order valence-electron chi connectivity index (χ4n) is 5.12. The summed E-state index contributed by atoms with van der Waals surface area (Å²) in [4.78, 5) is 11.4. The van der Waals surface area contributed by atoms with Gasteiger partial charge in [-0.05, 0) is 74.5 Å². The third-order valence-electron chi connectivity index (χ3n) is 6.97. The summed E-state index contributed by atoms with van der Waals surface area (Å²) < 4.78 is 25.4. The van der Waals surface area contributed by atoms with Crippen molar-refractivity contribution in [3.05, 3.63) is 48.0 Å². The van der Waals surface area contributed by atoms with Crippen LogP contribution in [0.1, 0.15) is 18.4 Å². The van der Waals surface area contributed by atoms with E-state index in [2.05, 4.69) is 25.5 Å². The summed E-state index contributed by atoms with van der Waals surface area (Å²) in [6.45, 7) is 8.10. The fourth-order valence-corrected chi connectivity index (χ4v) is 5.12. The molecule has 2 aliphatic rings. The quantitative estimate of drug-likeness (QED) is 0.485. The molecule has 34 heavy (non-hydrogen) atoms. The van der Waals surface area contributed by atoms with Gasteiger partial charge in [0, 0.05) is 36.8 Å². The molecule has 0 spiro atoms. The predicted molar refractivity (Wildman–Crippen MR) is 132 cm³/mol. The second-order valence-corrected chi connectivity index (χ2v) is 9.31. The van der Waals surface area contributed by atoms with Crippen molar-refractivity contribution in [2.75, 3.05) is 51.8 Å². The monoisotopic (exact) mass is 465 g/mol. The molecule has 2 atom stereocenters. The summed E-state index contributed by atoms with van der Waals surface area (Å²) in [6, 6.07) is 8.69. The number of nitrogens with zero attached hydrogens (tertiary/aromatic N) is 3. The molecule has 0 aliphatic carbocycles. The molecule has 1 aromatic heterocycles. The Hall–Kier alpha value is -2.97. The molecule has 3 aromatic rings. The van der Waals surface area contributed by atoms with Crippen molar-refractivity contribution in [3.63, 3.8) is 0 Å². The lowest BCUT2D eigenvalue weighted by Crippen LogP contribution is -2.35. The highest BCUT2D eigenvalue weighted by Gasteiger charge is 2.33. The van der Waals surface area contributed by atoms with Crippen LogP contribution in [0.5, 0.6) is 11.5 Å². The lowest BCUT2D eigenvalue weighted by molar-refractivity contribution is 0.249. The van der Waals surface area contributed by atoms with Gasteiger partial charge in [-0.1, -0.05) is 0 Å². The van der Waals surface area contributed by atoms with Crippen LogP contribution < -0.4 is 20.1 Å². The van der Waals surface area contributed by atoms with Crippen LogP contribution in [0.2, 0.25) is 0 Å². The van der Waals surface area contributed by atoms with Crippen molar-refractivity contribution in [1.29, 1.82) is 0 Å². The molecule has 7 nitrogen and oxygen atoms in total. The Kier molecular flexibility index (Phi) is 6.78. The minimum absolute atomic E-state index is 0.233. The molecule has 2 N–H and O–H groups in total. The molecule has 0 amide bonds. The number of hydrogen-bond acceptors (Lipinski definition) is 7. The van der Waals surface area contributed by atoms with Crippen LogP contribution in [0.3, 0.4) is 0 Å². The minimum atomic E-state index is -0.233. The lowest BCUT2D eigenvalue weighted by Gasteiger charge is -2.24. The van der Waals surface area contributed by atoms with E-state index in [-0.39, 0.29) is 5.82 Å². The van der Waals surface area contributed by atoms with Gasteiger partial charge in [-0.2, -0.15) is 0 Å². The molecule has 3 heterocycles. The van der Waals surface area contributed by atoms with Gasteiger partial charge in [0.05, 0.1) is 19.2 Å². The first kappa shape index (κ1) is 22.8. The highest BCUT2D eigenvalue weighted by Crippen LogP contribution is 2.35. The second-order valence-electron chi connectivity index (χ2n) is 9.31. The van der Waals surface area contributed by atoms with Gasteiger partial charge in [-0.25, -0.2) is 14.4 Å². The van der Waals surface area contributed by atoms with Crippen molar-refractivity contribution >= 4 is 22.4 Å². The normalized spacial score (nSPS) is 20.3. The third-order valence-corrected chi connectivity index (χ3v) is 6.97. The summed E-state index contributed by atoms with van der Waals surface area (Å²) in [5.41, 5.74) is 2.08. The molecule has 2 aromatic carbocycles. The van der Waals surface area contributed by atoms with Crippen molar-refractivity contribution in [2.24, 2.45) is 11.8 Å². The van der Waals surface area contributed by atoms with Gasteiger partial charge in [0.25, 0.3) is 0 Å². The number of methoxy groups -OCH3 is 1. The molecular formula is C26H32FN5O2. The largest absolute Gasteiger partial charge is 0.493 e. The van der Waals surface area contributed by atoms with E-state index in [9.17, 15) is 4.39 Å². The Morgan fingerprint density at radius 2 is 2.03 bits per heavy atom. The molecule has 2 fully saturated rings. The molecule has 5 rings (SSSR count). The predicted octanol–water partition coefficient (Wildman–Crippen LogP) is 4.14. The molecule has 0 bridgehead atoms. The first-order chi connectivity index (χ1) is 16.6. The van der Waals surface area contributed by atoms with E-state index in [0.717, 1.165) is 54.5 Å².